The van der Waals surface area contributed by atoms with Crippen molar-refractivity contribution >= 4 is 22.8 Å². The summed E-state index contributed by atoms with van der Waals surface area (Å²) in [5, 5.41) is 6.66. The van der Waals surface area contributed by atoms with Gasteiger partial charge < -0.3 is 15.4 Å². The summed E-state index contributed by atoms with van der Waals surface area (Å²) in [6.45, 7) is 5.92. The van der Waals surface area contributed by atoms with E-state index in [2.05, 4.69) is 44.3 Å². The van der Waals surface area contributed by atoms with Gasteiger partial charge in [-0.1, -0.05) is 13.8 Å². The third kappa shape index (κ3) is 4.45. The van der Waals surface area contributed by atoms with E-state index in [1.165, 1.54) is 6.33 Å². The molecule has 2 aromatic heterocycles. The van der Waals surface area contributed by atoms with Gasteiger partial charge in [0.05, 0.1) is 24.4 Å². The van der Waals surface area contributed by atoms with Gasteiger partial charge in [-0.05, 0) is 32.0 Å². The van der Waals surface area contributed by atoms with Gasteiger partial charge in [-0.25, -0.2) is 15.0 Å². The monoisotopic (exact) mass is 447 g/mol. The molecule has 2 N–H and O–H groups in total. The summed E-state index contributed by atoms with van der Waals surface area (Å²) in [4.78, 5) is 33.0. The van der Waals surface area contributed by atoms with Gasteiger partial charge in [0.15, 0.2) is 5.75 Å². The van der Waals surface area contributed by atoms with Crippen LogP contribution in [0.2, 0.25) is 0 Å². The average molecular weight is 448 g/mol. The van der Waals surface area contributed by atoms with Crippen molar-refractivity contribution < 1.29 is 9.53 Å². The van der Waals surface area contributed by atoms with E-state index < -0.39 is 0 Å². The molecule has 172 valence electrons. The summed E-state index contributed by atoms with van der Waals surface area (Å²) >= 11 is 0. The molecule has 5 rings (SSSR count). The lowest BCUT2D eigenvalue weighted by Gasteiger charge is -2.37. The van der Waals surface area contributed by atoms with Gasteiger partial charge in [0.25, 0.3) is 0 Å². The van der Waals surface area contributed by atoms with Gasteiger partial charge in [0, 0.05) is 48.1 Å². The molecule has 2 aliphatic rings. The fraction of sp³-hybridized carbons (Fsp3) is 0.458. The van der Waals surface area contributed by atoms with Crippen LogP contribution >= 0.6 is 0 Å². The molecule has 3 aromatic rings. The largest absolute Gasteiger partial charge is 0.490 e. The van der Waals surface area contributed by atoms with Crippen LogP contribution in [0.4, 0.5) is 5.82 Å². The molecule has 0 saturated carbocycles. The zero-order valence-corrected chi connectivity index (χ0v) is 19.2. The van der Waals surface area contributed by atoms with Crippen LogP contribution in [-0.2, 0) is 4.79 Å². The van der Waals surface area contributed by atoms with Crippen molar-refractivity contribution in [2.75, 3.05) is 32.1 Å². The third-order valence-electron chi connectivity index (χ3n) is 6.41. The molecule has 1 saturated heterocycles. The Morgan fingerprint density at radius 1 is 1.18 bits per heavy atom. The van der Waals surface area contributed by atoms with Crippen LogP contribution in [0, 0.1) is 5.41 Å². The molecule has 0 aliphatic carbocycles. The number of piperidine rings is 1. The number of anilines is 1. The topological polar surface area (TPSA) is 105 Å². The van der Waals surface area contributed by atoms with Crippen molar-refractivity contribution in [3.8, 4) is 16.9 Å². The molecule has 2 atom stereocenters. The summed E-state index contributed by atoms with van der Waals surface area (Å²) in [7, 11) is 2.01. The molecule has 1 amide bonds. The Labute approximate surface area is 193 Å². The zero-order chi connectivity index (χ0) is 23.0. The number of amides is 1. The van der Waals surface area contributed by atoms with E-state index in [-0.39, 0.29) is 23.4 Å². The molecule has 2 aliphatic heterocycles. The first kappa shape index (κ1) is 21.5. The number of fused-ring (bicyclic) bond motifs is 3. The number of nitrogens with one attached hydrogen (secondary N) is 2. The van der Waals surface area contributed by atoms with Crippen LogP contribution in [0.1, 0.15) is 26.7 Å². The first-order valence-corrected chi connectivity index (χ1v) is 11.3. The highest BCUT2D eigenvalue weighted by Gasteiger charge is 2.33. The van der Waals surface area contributed by atoms with Gasteiger partial charge in [-0.2, -0.15) is 0 Å². The normalized spacial score (nSPS) is 23.3. The molecular weight excluding hydrogens is 418 g/mol. The number of benzene rings is 1. The zero-order valence-electron chi connectivity index (χ0n) is 19.2. The van der Waals surface area contributed by atoms with E-state index in [0.717, 1.165) is 29.6 Å². The molecule has 0 radical (unpaired) electrons. The molecular formula is C24H29N7O2. The Bertz CT molecular complexity index is 1170. The number of hydrogen-bond acceptors (Lipinski definition) is 8. The molecule has 1 aromatic carbocycles. The molecule has 9 heteroatoms. The van der Waals surface area contributed by atoms with Gasteiger partial charge in [-0.15, -0.1) is 0 Å². The minimum atomic E-state index is -0.289. The number of nitrogens with zero attached hydrogens (tertiary/aromatic N) is 5. The lowest BCUT2D eigenvalue weighted by molar-refractivity contribution is -0.127. The minimum absolute atomic E-state index is 0.0539. The quantitative estimate of drug-likeness (QED) is 0.586. The highest BCUT2D eigenvalue weighted by atomic mass is 16.5. The number of carbonyl (C=O) groups excluding carboxylic acids is 1. The molecule has 4 bridgehead atoms. The number of aromatic nitrogens is 4. The van der Waals surface area contributed by atoms with E-state index in [1.54, 1.807) is 18.6 Å². The van der Waals surface area contributed by atoms with Crippen molar-refractivity contribution in [3.63, 3.8) is 0 Å². The fourth-order valence-electron chi connectivity index (χ4n) is 4.43. The SMILES string of the molecule is CN1CCC2C[C@H]1C(=O)NCC(C)(C)COc1c(-c3cncnc3)ccc3ncc(nc13)N2. The Hall–Kier alpha value is -3.33. The Morgan fingerprint density at radius 2 is 2.00 bits per heavy atom. The van der Waals surface area contributed by atoms with Crippen LogP contribution in [0.25, 0.3) is 22.2 Å². The second-order valence-electron chi connectivity index (χ2n) is 9.73. The predicted molar refractivity (Wildman–Crippen MR) is 126 cm³/mol. The minimum Gasteiger partial charge on any atom is -0.490 e. The average Bonchev–Trinajstić information content (AvgIpc) is 2.82. The van der Waals surface area contributed by atoms with Gasteiger partial charge in [0.2, 0.25) is 5.91 Å². The lowest BCUT2D eigenvalue weighted by atomic mass is 9.93. The first-order chi connectivity index (χ1) is 15.9. The molecule has 9 nitrogen and oxygen atoms in total. The van der Waals surface area contributed by atoms with Crippen LogP contribution in [0.5, 0.6) is 5.75 Å². The Balaban J connectivity index is 1.61. The van der Waals surface area contributed by atoms with E-state index in [0.29, 0.717) is 36.7 Å². The van der Waals surface area contributed by atoms with Crippen LogP contribution in [0.3, 0.4) is 0 Å². The number of carbonyl (C=O) groups is 1. The van der Waals surface area contributed by atoms with E-state index in [4.69, 9.17) is 9.72 Å². The number of likely N-dealkylation sites (N-methyl/N-ethyl adjacent to an activating group) is 1. The molecule has 33 heavy (non-hydrogen) atoms. The van der Waals surface area contributed by atoms with E-state index in [1.807, 2.05) is 19.2 Å². The Morgan fingerprint density at radius 3 is 2.82 bits per heavy atom. The summed E-state index contributed by atoms with van der Waals surface area (Å²) in [6, 6.07) is 3.87. The second kappa shape index (κ2) is 8.55. The number of rotatable bonds is 1. The highest BCUT2D eigenvalue weighted by Crippen LogP contribution is 2.36. The maximum absolute atomic E-state index is 13.0. The number of hydrogen-bond donors (Lipinski definition) is 2. The molecule has 0 spiro atoms. The Kier molecular flexibility index (Phi) is 5.57. The van der Waals surface area contributed by atoms with Gasteiger partial charge >= 0.3 is 0 Å². The van der Waals surface area contributed by atoms with Crippen molar-refractivity contribution in [3.05, 3.63) is 37.1 Å². The van der Waals surface area contributed by atoms with Gasteiger partial charge in [-0.3, -0.25) is 14.7 Å². The molecule has 4 heterocycles. The third-order valence-corrected chi connectivity index (χ3v) is 6.41. The maximum Gasteiger partial charge on any atom is 0.237 e. The number of ether oxygens (including phenoxy) is 1. The maximum atomic E-state index is 13.0. The fourth-order valence-corrected chi connectivity index (χ4v) is 4.43. The van der Waals surface area contributed by atoms with Crippen LogP contribution < -0.4 is 15.4 Å². The van der Waals surface area contributed by atoms with Crippen molar-refractivity contribution in [2.24, 2.45) is 5.41 Å². The first-order valence-electron chi connectivity index (χ1n) is 11.3. The summed E-state index contributed by atoms with van der Waals surface area (Å²) in [6.07, 6.45) is 8.42. The second-order valence-corrected chi connectivity index (χ2v) is 9.73. The van der Waals surface area contributed by atoms with E-state index >= 15 is 0 Å². The molecule has 1 unspecified atom stereocenters. The molecule has 1 fully saturated rings. The van der Waals surface area contributed by atoms with Crippen molar-refractivity contribution in [2.45, 2.75) is 38.8 Å². The standard InChI is InChI=1S/C24H29N7O2/c1-24(2)12-28-23(32)19-8-16(6-7-31(19)3)29-20-11-27-18-5-4-17(15-9-25-14-26-10-15)22(33-13-24)21(18)30-20/h4-5,9-11,14,16,19H,6-8,12-13H2,1-3H3,(H,28,32)(H,29,30)/t16?,19-/m0/s1. The summed E-state index contributed by atoms with van der Waals surface area (Å²) < 4.78 is 6.42. The van der Waals surface area contributed by atoms with E-state index in [9.17, 15) is 4.79 Å². The number of likely N-dealkylation sites (tertiary alicyclic amines) is 1. The van der Waals surface area contributed by atoms with Crippen LogP contribution in [0.15, 0.2) is 37.1 Å². The lowest BCUT2D eigenvalue weighted by Crippen LogP contribution is -2.53. The summed E-state index contributed by atoms with van der Waals surface area (Å²) in [5.74, 6) is 1.38. The smallest absolute Gasteiger partial charge is 0.237 e. The van der Waals surface area contributed by atoms with Crippen molar-refractivity contribution in [1.82, 2.24) is 30.2 Å². The predicted octanol–water partition coefficient (Wildman–Crippen LogP) is 2.50. The van der Waals surface area contributed by atoms with Crippen LogP contribution in [-0.4, -0.2) is 69.6 Å². The van der Waals surface area contributed by atoms with Gasteiger partial charge in [0.1, 0.15) is 17.7 Å². The van der Waals surface area contributed by atoms with Crippen molar-refractivity contribution in [1.29, 1.82) is 0 Å². The highest BCUT2D eigenvalue weighted by molar-refractivity contribution is 5.90. The summed E-state index contributed by atoms with van der Waals surface area (Å²) in [5.41, 5.74) is 2.88.